The van der Waals surface area contributed by atoms with E-state index in [1.54, 1.807) is 12.1 Å². The van der Waals surface area contributed by atoms with E-state index in [0.717, 1.165) is 36.3 Å². The monoisotopic (exact) mass is 355 g/mol. The molecule has 1 fully saturated rings. The molecule has 7 heteroatoms. The molecule has 2 aromatic carbocycles. The molecule has 1 saturated heterocycles. The molecule has 0 aliphatic carbocycles. The number of nitro benzene ring substituents is 1. The predicted molar refractivity (Wildman–Crippen MR) is 97.7 cm³/mol. The van der Waals surface area contributed by atoms with Crippen LogP contribution in [0.4, 0.5) is 5.69 Å². The van der Waals surface area contributed by atoms with Crippen LogP contribution in [-0.2, 0) is 9.53 Å². The van der Waals surface area contributed by atoms with E-state index in [1.807, 2.05) is 24.3 Å². The molecule has 26 heavy (non-hydrogen) atoms. The van der Waals surface area contributed by atoms with Gasteiger partial charge in [0.1, 0.15) is 0 Å². The molecule has 1 heterocycles. The average Bonchev–Trinajstić information content (AvgIpc) is 2.68. The molecule has 1 N–H and O–H groups in total. The number of carbonyl (C=O) groups is 1. The molecule has 1 atom stereocenters. The van der Waals surface area contributed by atoms with Crippen molar-refractivity contribution in [2.75, 3.05) is 33.3 Å². The topological polar surface area (TPSA) is 84.7 Å². The van der Waals surface area contributed by atoms with Crippen molar-refractivity contribution in [1.29, 1.82) is 0 Å². The summed E-state index contributed by atoms with van der Waals surface area (Å²) in [5, 5.41) is 14.1. The van der Waals surface area contributed by atoms with Crippen LogP contribution in [0, 0.1) is 10.1 Å². The number of nitrogens with zero attached hydrogens (tertiary/aromatic N) is 2. The molecule has 0 saturated carbocycles. The highest BCUT2D eigenvalue weighted by molar-refractivity contribution is 5.71. The first-order chi connectivity index (χ1) is 12.6. The van der Waals surface area contributed by atoms with Crippen LogP contribution in [0.1, 0.15) is 11.6 Å². The van der Waals surface area contributed by atoms with Gasteiger partial charge in [0, 0.05) is 37.8 Å². The summed E-state index contributed by atoms with van der Waals surface area (Å²) in [6.07, 6.45) is 0. The number of rotatable bonds is 5. The molecule has 1 aliphatic heterocycles. The van der Waals surface area contributed by atoms with Crippen LogP contribution in [0.15, 0.2) is 48.5 Å². The van der Waals surface area contributed by atoms with Gasteiger partial charge in [-0.2, -0.15) is 0 Å². The molecule has 7 nitrogen and oxygen atoms in total. The number of ether oxygens (including phenoxy) is 1. The minimum absolute atomic E-state index is 0.0807. The number of carbonyl (C=O) groups excluding carboxylic acids is 1. The molecular weight excluding hydrogens is 334 g/mol. The van der Waals surface area contributed by atoms with Crippen LogP contribution in [0.25, 0.3) is 11.1 Å². The number of piperazine rings is 1. The maximum absolute atomic E-state index is 11.6. The molecule has 3 rings (SSSR count). The summed E-state index contributed by atoms with van der Waals surface area (Å²) in [5.74, 6) is -0.237. The van der Waals surface area contributed by atoms with Crippen molar-refractivity contribution in [3.8, 4) is 11.1 Å². The van der Waals surface area contributed by atoms with E-state index in [2.05, 4.69) is 10.2 Å². The van der Waals surface area contributed by atoms with Gasteiger partial charge in [-0.3, -0.25) is 19.8 Å². The maximum atomic E-state index is 11.6. The fourth-order valence-corrected chi connectivity index (χ4v) is 3.17. The van der Waals surface area contributed by atoms with Crippen LogP contribution < -0.4 is 5.32 Å². The number of methoxy groups -OCH3 is 1. The molecule has 1 aliphatic rings. The summed E-state index contributed by atoms with van der Waals surface area (Å²) >= 11 is 0. The van der Waals surface area contributed by atoms with Gasteiger partial charge in [0.15, 0.2) is 0 Å². The minimum atomic E-state index is -0.404. The number of non-ortho nitro benzene ring substituents is 1. The second kappa shape index (κ2) is 8.07. The number of nitro groups is 1. The van der Waals surface area contributed by atoms with E-state index in [4.69, 9.17) is 4.74 Å². The average molecular weight is 355 g/mol. The maximum Gasteiger partial charge on any atom is 0.319 e. The Kier molecular flexibility index (Phi) is 5.60. The highest BCUT2D eigenvalue weighted by atomic mass is 16.6. The molecule has 0 radical (unpaired) electrons. The number of nitrogens with one attached hydrogen (secondary N) is 1. The largest absolute Gasteiger partial charge is 0.468 e. The van der Waals surface area contributed by atoms with Crippen LogP contribution >= 0.6 is 0 Å². The Morgan fingerprint density at radius 2 is 1.81 bits per heavy atom. The summed E-state index contributed by atoms with van der Waals surface area (Å²) in [5.41, 5.74) is 3.12. The van der Waals surface area contributed by atoms with Crippen molar-refractivity contribution in [1.82, 2.24) is 10.2 Å². The van der Waals surface area contributed by atoms with E-state index >= 15 is 0 Å². The fourth-order valence-electron chi connectivity index (χ4n) is 3.17. The van der Waals surface area contributed by atoms with Gasteiger partial charge in [0.2, 0.25) is 0 Å². The SMILES string of the molecule is COC(=O)CN1CCNCC1c1ccc(-c2ccc([N+](=O)[O-])cc2)cc1. The third-order valence-electron chi connectivity index (χ3n) is 4.62. The summed E-state index contributed by atoms with van der Waals surface area (Å²) in [7, 11) is 1.40. The van der Waals surface area contributed by atoms with E-state index in [1.165, 1.54) is 19.2 Å². The van der Waals surface area contributed by atoms with Gasteiger partial charge < -0.3 is 10.1 Å². The van der Waals surface area contributed by atoms with Crippen LogP contribution in [0.3, 0.4) is 0 Å². The molecule has 0 amide bonds. The Labute approximate surface area is 151 Å². The lowest BCUT2D eigenvalue weighted by atomic mass is 9.98. The molecular formula is C19H21N3O4. The Morgan fingerprint density at radius 3 is 2.38 bits per heavy atom. The van der Waals surface area contributed by atoms with Gasteiger partial charge in [-0.1, -0.05) is 24.3 Å². The molecule has 136 valence electrons. The third-order valence-corrected chi connectivity index (χ3v) is 4.62. The zero-order valence-corrected chi connectivity index (χ0v) is 14.6. The molecule has 0 bridgehead atoms. The van der Waals surface area contributed by atoms with Crippen LogP contribution in [0.5, 0.6) is 0 Å². The first kappa shape index (κ1) is 18.0. The standard InChI is InChI=1S/C19H21N3O4/c1-26-19(23)13-21-11-10-20-12-18(21)16-4-2-14(3-5-16)15-6-8-17(9-7-15)22(24)25/h2-9,18,20H,10-13H2,1H3. The highest BCUT2D eigenvalue weighted by Gasteiger charge is 2.25. The number of esters is 1. The van der Waals surface area contributed by atoms with Gasteiger partial charge in [0.25, 0.3) is 5.69 Å². The van der Waals surface area contributed by atoms with Gasteiger partial charge >= 0.3 is 5.97 Å². The first-order valence-electron chi connectivity index (χ1n) is 8.45. The third kappa shape index (κ3) is 4.07. The summed E-state index contributed by atoms with van der Waals surface area (Å²) in [6.45, 7) is 2.67. The van der Waals surface area contributed by atoms with Gasteiger partial charge in [-0.15, -0.1) is 0 Å². The lowest BCUT2D eigenvalue weighted by Crippen LogP contribution is -2.47. The van der Waals surface area contributed by atoms with E-state index < -0.39 is 4.92 Å². The Hall–Kier alpha value is -2.77. The second-order valence-corrected chi connectivity index (χ2v) is 6.19. The Morgan fingerprint density at radius 1 is 1.19 bits per heavy atom. The lowest BCUT2D eigenvalue weighted by molar-refractivity contribution is -0.384. The van der Waals surface area contributed by atoms with E-state index in [-0.39, 0.29) is 24.2 Å². The van der Waals surface area contributed by atoms with Gasteiger partial charge in [0.05, 0.1) is 18.6 Å². The summed E-state index contributed by atoms with van der Waals surface area (Å²) < 4.78 is 4.79. The zero-order valence-electron chi connectivity index (χ0n) is 14.6. The van der Waals surface area contributed by atoms with Crippen LogP contribution in [-0.4, -0.2) is 49.1 Å². The van der Waals surface area contributed by atoms with Crippen LogP contribution in [0.2, 0.25) is 0 Å². The quantitative estimate of drug-likeness (QED) is 0.504. The summed E-state index contributed by atoms with van der Waals surface area (Å²) in [6, 6.07) is 14.7. The Bertz CT molecular complexity index is 774. The van der Waals surface area contributed by atoms with Gasteiger partial charge in [-0.25, -0.2) is 0 Å². The number of hydrogen-bond donors (Lipinski definition) is 1. The van der Waals surface area contributed by atoms with Crippen molar-refractivity contribution < 1.29 is 14.5 Å². The Balaban J connectivity index is 1.77. The predicted octanol–water partition coefficient (Wildman–Crippen LogP) is 2.38. The fraction of sp³-hybridized carbons (Fsp3) is 0.316. The molecule has 0 aromatic heterocycles. The number of hydrogen-bond acceptors (Lipinski definition) is 6. The summed E-state index contributed by atoms with van der Waals surface area (Å²) in [4.78, 5) is 24.1. The van der Waals surface area contributed by atoms with Crippen molar-refractivity contribution in [2.24, 2.45) is 0 Å². The normalized spacial score (nSPS) is 17.7. The first-order valence-corrected chi connectivity index (χ1v) is 8.45. The number of benzene rings is 2. The van der Waals surface area contributed by atoms with E-state index in [0.29, 0.717) is 0 Å². The smallest absolute Gasteiger partial charge is 0.319 e. The highest BCUT2D eigenvalue weighted by Crippen LogP contribution is 2.27. The van der Waals surface area contributed by atoms with Gasteiger partial charge in [-0.05, 0) is 28.8 Å². The zero-order chi connectivity index (χ0) is 18.5. The van der Waals surface area contributed by atoms with E-state index in [9.17, 15) is 14.9 Å². The molecule has 0 spiro atoms. The minimum Gasteiger partial charge on any atom is -0.468 e. The van der Waals surface area contributed by atoms with Crippen molar-refractivity contribution in [3.63, 3.8) is 0 Å². The molecule has 1 unspecified atom stereocenters. The second-order valence-electron chi connectivity index (χ2n) is 6.19. The lowest BCUT2D eigenvalue weighted by Gasteiger charge is -2.35. The van der Waals surface area contributed by atoms with Crippen molar-refractivity contribution in [3.05, 3.63) is 64.2 Å². The molecule has 2 aromatic rings. The van der Waals surface area contributed by atoms with Crippen molar-refractivity contribution >= 4 is 11.7 Å². The van der Waals surface area contributed by atoms with Crippen molar-refractivity contribution in [2.45, 2.75) is 6.04 Å².